The summed E-state index contributed by atoms with van der Waals surface area (Å²) in [5.74, 6) is 1.42. The van der Waals surface area contributed by atoms with E-state index in [0.717, 1.165) is 54.2 Å². The fraction of sp³-hybridized carbons (Fsp3) is 0.481. The number of benzene rings is 1. The average molecular weight is 501 g/mol. The van der Waals surface area contributed by atoms with Crippen LogP contribution in [0.25, 0.3) is 10.9 Å². The molecule has 3 aromatic rings. The predicted octanol–water partition coefficient (Wildman–Crippen LogP) is 6.22. The molecule has 8 heteroatoms. The quantitative estimate of drug-likeness (QED) is 0.296. The van der Waals surface area contributed by atoms with Crippen molar-refractivity contribution in [1.82, 2.24) is 9.88 Å². The summed E-state index contributed by atoms with van der Waals surface area (Å²) in [5, 5.41) is 10.9. The summed E-state index contributed by atoms with van der Waals surface area (Å²) in [7, 11) is 1.60. The molecule has 1 aliphatic heterocycles. The van der Waals surface area contributed by atoms with Gasteiger partial charge in [-0.15, -0.1) is 0 Å². The Morgan fingerprint density at radius 2 is 2.20 bits per heavy atom. The Balaban J connectivity index is 1.36. The highest BCUT2D eigenvalue weighted by atomic mass is 32.2. The zero-order valence-electron chi connectivity index (χ0n) is 20.1. The molecule has 2 aromatic heterocycles. The minimum absolute atomic E-state index is 0.157. The summed E-state index contributed by atoms with van der Waals surface area (Å²) in [5.41, 5.74) is 1.40. The average Bonchev–Trinajstić information content (AvgIpc) is 3.39. The number of likely N-dealkylation sites (tertiary alicyclic amines) is 1. The van der Waals surface area contributed by atoms with Crippen LogP contribution in [0.15, 0.2) is 58.4 Å². The lowest BCUT2D eigenvalue weighted by molar-refractivity contribution is -0.137. The van der Waals surface area contributed by atoms with Gasteiger partial charge in [-0.05, 0) is 86.0 Å². The van der Waals surface area contributed by atoms with Gasteiger partial charge in [0, 0.05) is 36.8 Å². The molecule has 0 saturated carbocycles. The van der Waals surface area contributed by atoms with E-state index in [1.807, 2.05) is 30.3 Å². The highest BCUT2D eigenvalue weighted by Gasteiger charge is 2.30. The minimum Gasteiger partial charge on any atom is -0.497 e. The number of fused-ring (bicyclic) bond motifs is 1. The number of carboxylic acid groups (broad SMARTS) is 1. The number of aliphatic carboxylic acids is 1. The number of carboxylic acids is 1. The Morgan fingerprint density at radius 3 is 2.97 bits per heavy atom. The number of alkyl halides is 1. The minimum atomic E-state index is -1.10. The van der Waals surface area contributed by atoms with Crippen LogP contribution in [0.2, 0.25) is 0 Å². The largest absolute Gasteiger partial charge is 0.497 e. The van der Waals surface area contributed by atoms with Gasteiger partial charge in [-0.25, -0.2) is 4.39 Å². The number of carbonyl (C=O) groups is 1. The standard InChI is InChI=1S/C27H33FN2O4S/c1-33-21-6-8-25-23(17-21)22(10-12-29-25)24(28)7-4-19-11-13-30(18-20(19)5-9-26(31)32)14-16-35-27-3-2-15-34-27/h2-3,6,8,10,12,15,17,19-20,24H,4-5,7,9,11,13-14,16,18H2,1H3,(H,31,32)/t19?,20?,24-/m0/s1. The van der Waals surface area contributed by atoms with Crippen molar-refractivity contribution in [1.29, 1.82) is 0 Å². The topological polar surface area (TPSA) is 75.8 Å². The highest BCUT2D eigenvalue weighted by Crippen LogP contribution is 2.36. The Hall–Kier alpha value is -2.58. The van der Waals surface area contributed by atoms with Crippen LogP contribution >= 0.6 is 11.8 Å². The van der Waals surface area contributed by atoms with E-state index in [1.165, 1.54) is 0 Å². The number of hydrogen-bond acceptors (Lipinski definition) is 6. The fourth-order valence-electron chi connectivity index (χ4n) is 5.06. The van der Waals surface area contributed by atoms with Gasteiger partial charge in [0.2, 0.25) is 0 Å². The van der Waals surface area contributed by atoms with Crippen LogP contribution in [0.1, 0.15) is 43.8 Å². The van der Waals surface area contributed by atoms with Crippen molar-refractivity contribution in [2.45, 2.75) is 43.4 Å². The van der Waals surface area contributed by atoms with Crippen LogP contribution in [0.5, 0.6) is 5.75 Å². The molecule has 3 heterocycles. The number of halogens is 1. The molecule has 1 aromatic carbocycles. The van der Waals surface area contributed by atoms with Crippen molar-refractivity contribution in [2.24, 2.45) is 11.8 Å². The van der Waals surface area contributed by atoms with Crippen LogP contribution < -0.4 is 4.74 Å². The van der Waals surface area contributed by atoms with Gasteiger partial charge < -0.3 is 19.2 Å². The highest BCUT2D eigenvalue weighted by molar-refractivity contribution is 7.99. The van der Waals surface area contributed by atoms with Crippen LogP contribution in [0.4, 0.5) is 4.39 Å². The lowest BCUT2D eigenvalue weighted by Crippen LogP contribution is -2.41. The van der Waals surface area contributed by atoms with E-state index < -0.39 is 12.1 Å². The first kappa shape index (κ1) is 25.5. The number of nitrogens with zero attached hydrogens (tertiary/aromatic N) is 2. The van der Waals surface area contributed by atoms with Gasteiger partial charge in [-0.2, -0.15) is 0 Å². The second-order valence-electron chi connectivity index (χ2n) is 9.15. The number of rotatable bonds is 12. The third-order valence-corrected chi connectivity index (χ3v) is 7.87. The van der Waals surface area contributed by atoms with Gasteiger partial charge in [-0.1, -0.05) is 11.8 Å². The van der Waals surface area contributed by atoms with Crippen molar-refractivity contribution in [3.05, 3.63) is 54.4 Å². The van der Waals surface area contributed by atoms with Gasteiger partial charge in [0.05, 0.1) is 18.9 Å². The van der Waals surface area contributed by atoms with E-state index in [0.29, 0.717) is 30.1 Å². The first-order valence-corrected chi connectivity index (χ1v) is 13.2. The van der Waals surface area contributed by atoms with Crippen LogP contribution in [-0.2, 0) is 4.79 Å². The summed E-state index contributed by atoms with van der Waals surface area (Å²) in [6.45, 7) is 2.75. The number of thioether (sulfide) groups is 1. The molecule has 188 valence electrons. The molecule has 0 radical (unpaired) electrons. The second-order valence-corrected chi connectivity index (χ2v) is 10.2. The van der Waals surface area contributed by atoms with E-state index in [1.54, 1.807) is 37.4 Å². The molecule has 1 aliphatic rings. The van der Waals surface area contributed by atoms with Crippen molar-refractivity contribution >= 4 is 28.6 Å². The molecule has 4 rings (SSSR count). The molecule has 6 nitrogen and oxygen atoms in total. The number of furan rings is 1. The van der Waals surface area contributed by atoms with E-state index in [-0.39, 0.29) is 12.3 Å². The molecule has 1 fully saturated rings. The molecule has 2 unspecified atom stereocenters. The van der Waals surface area contributed by atoms with Crippen LogP contribution in [-0.4, -0.2) is 53.5 Å². The van der Waals surface area contributed by atoms with Crippen molar-refractivity contribution < 1.29 is 23.4 Å². The zero-order chi connectivity index (χ0) is 24.6. The van der Waals surface area contributed by atoms with E-state index in [2.05, 4.69) is 9.88 Å². The lowest BCUT2D eigenvalue weighted by Gasteiger charge is -2.39. The molecular weight excluding hydrogens is 467 g/mol. The monoisotopic (exact) mass is 500 g/mol. The van der Waals surface area contributed by atoms with Gasteiger partial charge in [-0.3, -0.25) is 9.78 Å². The summed E-state index contributed by atoms with van der Waals surface area (Å²) < 4.78 is 26.2. The Kier molecular flexibility index (Phi) is 9.04. The number of hydrogen-bond donors (Lipinski definition) is 1. The Bertz CT molecular complexity index is 1090. The second kappa shape index (κ2) is 12.4. The number of piperidine rings is 1. The molecule has 0 aliphatic carbocycles. The summed E-state index contributed by atoms with van der Waals surface area (Å²) >= 11 is 1.69. The normalized spacial score (nSPS) is 19.6. The summed E-state index contributed by atoms with van der Waals surface area (Å²) in [4.78, 5) is 18.0. The number of ether oxygens (including phenoxy) is 1. The first-order valence-electron chi connectivity index (χ1n) is 12.2. The van der Waals surface area contributed by atoms with Crippen molar-refractivity contribution in [3.8, 4) is 5.75 Å². The zero-order valence-corrected chi connectivity index (χ0v) is 20.9. The Labute approximate surface area is 209 Å². The molecule has 35 heavy (non-hydrogen) atoms. The van der Waals surface area contributed by atoms with Gasteiger partial charge >= 0.3 is 5.97 Å². The van der Waals surface area contributed by atoms with Crippen molar-refractivity contribution in [3.63, 3.8) is 0 Å². The van der Waals surface area contributed by atoms with Crippen LogP contribution in [0, 0.1) is 11.8 Å². The Morgan fingerprint density at radius 1 is 1.31 bits per heavy atom. The predicted molar refractivity (Wildman–Crippen MR) is 136 cm³/mol. The van der Waals surface area contributed by atoms with Crippen LogP contribution in [0.3, 0.4) is 0 Å². The number of methoxy groups -OCH3 is 1. The molecule has 1 N–H and O–H groups in total. The van der Waals surface area contributed by atoms with E-state index in [4.69, 9.17) is 9.15 Å². The summed E-state index contributed by atoms with van der Waals surface area (Å²) in [6.07, 6.45) is 5.15. The van der Waals surface area contributed by atoms with Gasteiger partial charge in [0.1, 0.15) is 11.9 Å². The SMILES string of the molecule is COc1ccc2nccc([C@@H](F)CCC3CCN(CCSc4ccco4)CC3CCC(=O)O)c2c1. The molecule has 1 saturated heterocycles. The fourth-order valence-corrected chi connectivity index (χ4v) is 5.91. The van der Waals surface area contributed by atoms with E-state index in [9.17, 15) is 9.90 Å². The third-order valence-electron chi connectivity index (χ3n) is 6.96. The summed E-state index contributed by atoms with van der Waals surface area (Å²) in [6, 6.07) is 11.1. The molecule has 0 bridgehead atoms. The molecule has 3 atom stereocenters. The number of pyridine rings is 1. The van der Waals surface area contributed by atoms with Gasteiger partial charge in [0.25, 0.3) is 0 Å². The maximum absolute atomic E-state index is 15.5. The maximum Gasteiger partial charge on any atom is 0.303 e. The first-order chi connectivity index (χ1) is 17.0. The molecule has 0 spiro atoms. The molecular formula is C27H33FN2O4S. The van der Waals surface area contributed by atoms with Gasteiger partial charge in [0.15, 0.2) is 5.09 Å². The van der Waals surface area contributed by atoms with E-state index >= 15 is 4.39 Å². The van der Waals surface area contributed by atoms with Crippen molar-refractivity contribution in [2.75, 3.05) is 32.5 Å². The smallest absolute Gasteiger partial charge is 0.303 e. The maximum atomic E-state index is 15.5. The number of aromatic nitrogens is 1. The molecule has 0 amide bonds. The third kappa shape index (κ3) is 6.98. The lowest BCUT2D eigenvalue weighted by atomic mass is 9.79.